The highest BCUT2D eigenvalue weighted by atomic mass is 79.9. The summed E-state index contributed by atoms with van der Waals surface area (Å²) in [6.07, 6.45) is 0. The molecule has 0 N–H and O–H groups in total. The fourth-order valence-electron chi connectivity index (χ4n) is 2.05. The largest absolute Gasteiger partial charge is 0.421 e. The Morgan fingerprint density at radius 3 is 2.42 bits per heavy atom. The van der Waals surface area contributed by atoms with Gasteiger partial charge in [-0.15, -0.1) is 0 Å². The Balaban J connectivity index is 2.45. The minimum atomic E-state index is -0.352. The Bertz CT molecular complexity index is 807. The molecule has 1 heterocycles. The van der Waals surface area contributed by atoms with Gasteiger partial charge in [-0.3, -0.25) is 0 Å². The molecule has 4 heteroatoms. The summed E-state index contributed by atoms with van der Waals surface area (Å²) >= 11 is 6.88. The highest BCUT2D eigenvalue weighted by Gasteiger charge is 2.11. The first-order valence-corrected chi connectivity index (χ1v) is 7.22. The van der Waals surface area contributed by atoms with E-state index in [2.05, 4.69) is 31.9 Å². The molecular formula is C15H8Br2O2. The van der Waals surface area contributed by atoms with Crippen molar-refractivity contribution >= 4 is 42.8 Å². The van der Waals surface area contributed by atoms with Crippen LogP contribution in [0.2, 0.25) is 0 Å². The second-order valence-electron chi connectivity index (χ2n) is 4.11. The maximum Gasteiger partial charge on any atom is 0.336 e. The molecule has 0 saturated carbocycles. The molecule has 0 aliphatic carbocycles. The molecule has 0 amide bonds. The first kappa shape index (κ1) is 12.6. The van der Waals surface area contributed by atoms with Crippen LogP contribution in [0.25, 0.3) is 22.1 Å². The molecule has 0 atom stereocenters. The molecular weight excluding hydrogens is 372 g/mol. The van der Waals surface area contributed by atoms with Crippen LogP contribution in [0, 0.1) is 0 Å². The molecule has 2 nitrogen and oxygen atoms in total. The number of hydrogen-bond acceptors (Lipinski definition) is 2. The van der Waals surface area contributed by atoms with Gasteiger partial charge in [0.15, 0.2) is 5.58 Å². The Morgan fingerprint density at radius 2 is 1.68 bits per heavy atom. The summed E-state index contributed by atoms with van der Waals surface area (Å²) in [4.78, 5) is 11.7. The lowest BCUT2D eigenvalue weighted by Gasteiger charge is -2.07. The van der Waals surface area contributed by atoms with Gasteiger partial charge in [0.2, 0.25) is 0 Å². The van der Waals surface area contributed by atoms with Crippen LogP contribution >= 0.6 is 31.9 Å². The van der Waals surface area contributed by atoms with Crippen LogP contribution in [-0.2, 0) is 0 Å². The second kappa shape index (κ2) is 4.94. The monoisotopic (exact) mass is 378 g/mol. The van der Waals surface area contributed by atoms with Crippen LogP contribution in [0.1, 0.15) is 0 Å². The van der Waals surface area contributed by atoms with E-state index < -0.39 is 0 Å². The van der Waals surface area contributed by atoms with Gasteiger partial charge in [0, 0.05) is 15.9 Å². The van der Waals surface area contributed by atoms with Crippen LogP contribution in [0.3, 0.4) is 0 Å². The van der Waals surface area contributed by atoms with E-state index in [4.69, 9.17) is 4.42 Å². The normalized spacial score (nSPS) is 10.8. The van der Waals surface area contributed by atoms with Crippen molar-refractivity contribution in [1.82, 2.24) is 0 Å². The van der Waals surface area contributed by atoms with Crippen molar-refractivity contribution in [2.24, 2.45) is 0 Å². The van der Waals surface area contributed by atoms with Crippen LogP contribution in [0.4, 0.5) is 0 Å². The average molecular weight is 380 g/mol. The van der Waals surface area contributed by atoms with E-state index in [0.29, 0.717) is 5.58 Å². The third kappa shape index (κ3) is 2.38. The van der Waals surface area contributed by atoms with Crippen LogP contribution < -0.4 is 5.63 Å². The summed E-state index contributed by atoms with van der Waals surface area (Å²) in [6, 6.07) is 15.1. The third-order valence-electron chi connectivity index (χ3n) is 2.85. The fourth-order valence-corrected chi connectivity index (χ4v) is 3.35. The van der Waals surface area contributed by atoms with Crippen molar-refractivity contribution in [1.29, 1.82) is 0 Å². The van der Waals surface area contributed by atoms with Gasteiger partial charge in [-0.25, -0.2) is 4.79 Å². The first-order valence-electron chi connectivity index (χ1n) is 5.63. The van der Waals surface area contributed by atoms with Crippen molar-refractivity contribution in [2.45, 2.75) is 0 Å². The molecule has 0 fully saturated rings. The van der Waals surface area contributed by atoms with Gasteiger partial charge in [-0.2, -0.15) is 0 Å². The van der Waals surface area contributed by atoms with Crippen LogP contribution in [0.15, 0.2) is 66.7 Å². The Kier molecular flexibility index (Phi) is 3.29. The molecule has 0 bridgehead atoms. The Labute approximate surface area is 126 Å². The summed E-state index contributed by atoms with van der Waals surface area (Å²) in [5.74, 6) is 0. The number of halogens is 2. The van der Waals surface area contributed by atoms with E-state index in [0.717, 1.165) is 25.5 Å². The molecule has 3 aromatic rings. The van der Waals surface area contributed by atoms with Gasteiger partial charge in [0.25, 0.3) is 0 Å². The van der Waals surface area contributed by atoms with Gasteiger partial charge in [-0.1, -0.05) is 46.3 Å². The minimum Gasteiger partial charge on any atom is -0.421 e. The minimum absolute atomic E-state index is 0.352. The van der Waals surface area contributed by atoms with E-state index in [1.54, 1.807) is 0 Å². The molecule has 0 radical (unpaired) electrons. The molecule has 0 unspecified atom stereocenters. The maximum atomic E-state index is 11.7. The van der Waals surface area contributed by atoms with Crippen molar-refractivity contribution in [3.63, 3.8) is 0 Å². The van der Waals surface area contributed by atoms with Crippen molar-refractivity contribution < 1.29 is 4.42 Å². The molecule has 19 heavy (non-hydrogen) atoms. The van der Waals surface area contributed by atoms with Crippen molar-refractivity contribution in [3.05, 3.63) is 67.9 Å². The standard InChI is InChI=1S/C15H8Br2O2/c16-10-6-12-11(9-4-2-1-3-5-9)8-14(18)19-15(12)13(17)7-10/h1-8H. The summed E-state index contributed by atoms with van der Waals surface area (Å²) in [6.45, 7) is 0. The predicted octanol–water partition coefficient (Wildman–Crippen LogP) is 4.99. The second-order valence-corrected chi connectivity index (χ2v) is 5.88. The number of rotatable bonds is 1. The summed E-state index contributed by atoms with van der Waals surface area (Å²) < 4.78 is 6.97. The quantitative estimate of drug-likeness (QED) is 0.558. The lowest BCUT2D eigenvalue weighted by atomic mass is 10.0. The smallest absolute Gasteiger partial charge is 0.336 e. The van der Waals surface area contributed by atoms with Crippen molar-refractivity contribution in [2.75, 3.05) is 0 Å². The molecule has 2 aromatic carbocycles. The van der Waals surface area contributed by atoms with E-state index in [1.165, 1.54) is 6.07 Å². The number of fused-ring (bicyclic) bond motifs is 1. The average Bonchev–Trinajstić information content (AvgIpc) is 2.40. The van der Waals surface area contributed by atoms with Gasteiger partial charge in [0.1, 0.15) is 0 Å². The highest BCUT2D eigenvalue weighted by Crippen LogP contribution is 2.33. The zero-order valence-electron chi connectivity index (χ0n) is 9.69. The molecule has 0 aliphatic heterocycles. The van der Waals surface area contributed by atoms with Crippen molar-refractivity contribution in [3.8, 4) is 11.1 Å². The maximum absolute atomic E-state index is 11.7. The zero-order valence-corrected chi connectivity index (χ0v) is 12.9. The van der Waals surface area contributed by atoms with Gasteiger partial charge < -0.3 is 4.42 Å². The van der Waals surface area contributed by atoms with Gasteiger partial charge in [-0.05, 0) is 39.2 Å². The molecule has 3 rings (SSSR count). The lowest BCUT2D eigenvalue weighted by molar-refractivity contribution is 0.560. The summed E-state index contributed by atoms with van der Waals surface area (Å²) in [5.41, 5.74) is 2.07. The topological polar surface area (TPSA) is 30.2 Å². The van der Waals surface area contributed by atoms with E-state index in [-0.39, 0.29) is 5.63 Å². The lowest BCUT2D eigenvalue weighted by Crippen LogP contribution is -1.98. The third-order valence-corrected chi connectivity index (χ3v) is 3.90. The van der Waals surface area contributed by atoms with Crippen LogP contribution in [-0.4, -0.2) is 0 Å². The first-order chi connectivity index (χ1) is 9.15. The fraction of sp³-hybridized carbons (Fsp3) is 0. The van der Waals surface area contributed by atoms with E-state index >= 15 is 0 Å². The Hall–Kier alpha value is -1.39. The zero-order chi connectivity index (χ0) is 13.4. The summed E-state index contributed by atoms with van der Waals surface area (Å²) in [7, 11) is 0. The molecule has 0 spiro atoms. The predicted molar refractivity (Wildman–Crippen MR) is 83.3 cm³/mol. The summed E-state index contributed by atoms with van der Waals surface area (Å²) in [5, 5.41) is 0.895. The SMILES string of the molecule is O=c1cc(-c2ccccc2)c2cc(Br)cc(Br)c2o1. The molecule has 1 aromatic heterocycles. The van der Waals surface area contributed by atoms with E-state index in [1.807, 2.05) is 42.5 Å². The number of benzene rings is 2. The number of hydrogen-bond donors (Lipinski definition) is 0. The van der Waals surface area contributed by atoms with E-state index in [9.17, 15) is 4.79 Å². The molecule has 0 saturated heterocycles. The van der Waals surface area contributed by atoms with Gasteiger partial charge in [0.05, 0.1) is 4.47 Å². The van der Waals surface area contributed by atoms with Gasteiger partial charge >= 0.3 is 5.63 Å². The Morgan fingerprint density at radius 1 is 0.947 bits per heavy atom. The molecule has 0 aliphatic rings. The molecule has 94 valence electrons. The highest BCUT2D eigenvalue weighted by molar-refractivity contribution is 9.11. The van der Waals surface area contributed by atoms with Crippen LogP contribution in [0.5, 0.6) is 0 Å².